The number of amides is 1. The minimum absolute atomic E-state index is 0.00916. The van der Waals surface area contributed by atoms with Crippen molar-refractivity contribution in [1.82, 2.24) is 9.78 Å². The van der Waals surface area contributed by atoms with Crippen molar-refractivity contribution in [3.8, 4) is 22.6 Å². The first kappa shape index (κ1) is 21.3. The van der Waals surface area contributed by atoms with E-state index in [1.807, 2.05) is 36.4 Å². The van der Waals surface area contributed by atoms with E-state index >= 15 is 0 Å². The third-order valence-corrected chi connectivity index (χ3v) is 5.88. The molecule has 0 saturated heterocycles. The quantitative estimate of drug-likeness (QED) is 0.427. The van der Waals surface area contributed by atoms with Crippen LogP contribution in [-0.4, -0.2) is 40.7 Å². The van der Waals surface area contributed by atoms with Crippen LogP contribution in [0, 0.1) is 0 Å². The maximum Gasteiger partial charge on any atom is 0.412 e. The van der Waals surface area contributed by atoms with Crippen molar-refractivity contribution in [2.45, 2.75) is 5.92 Å². The molecule has 1 aromatic heterocycles. The normalized spacial score (nSPS) is 12.0. The summed E-state index contributed by atoms with van der Waals surface area (Å²) in [4.78, 5) is 24.5. The first-order chi connectivity index (χ1) is 16.6. The summed E-state index contributed by atoms with van der Waals surface area (Å²) in [6, 6.07) is 22.9. The summed E-state index contributed by atoms with van der Waals surface area (Å²) in [7, 11) is 1.55. The third kappa shape index (κ3) is 3.75. The molecule has 8 heteroatoms. The van der Waals surface area contributed by atoms with Crippen LogP contribution in [0.15, 0.2) is 79.0 Å². The number of nitrogens with zero attached hydrogens (tertiary/aromatic N) is 2. The zero-order chi connectivity index (χ0) is 23.7. The minimum Gasteiger partial charge on any atom is -0.497 e. The number of hydrogen-bond acceptors (Lipinski definition) is 5. The second-order valence-corrected chi connectivity index (χ2v) is 7.77. The van der Waals surface area contributed by atoms with Crippen LogP contribution in [0.2, 0.25) is 0 Å². The van der Waals surface area contributed by atoms with Crippen molar-refractivity contribution in [2.75, 3.05) is 19.0 Å². The number of methoxy groups -OCH3 is 1. The molecule has 1 amide bonds. The molecule has 0 aliphatic heterocycles. The number of hydrogen-bond donors (Lipinski definition) is 2. The van der Waals surface area contributed by atoms with Gasteiger partial charge in [0.2, 0.25) is 0 Å². The molecule has 2 N–H and O–H groups in total. The van der Waals surface area contributed by atoms with Crippen molar-refractivity contribution >= 4 is 17.9 Å². The van der Waals surface area contributed by atoms with E-state index in [4.69, 9.17) is 9.47 Å². The highest BCUT2D eigenvalue weighted by Gasteiger charge is 2.29. The van der Waals surface area contributed by atoms with Gasteiger partial charge in [-0.15, -0.1) is 0 Å². The molecule has 5 rings (SSSR count). The number of carbonyl (C=O) groups is 2. The maximum atomic E-state index is 12.8. The predicted molar refractivity (Wildman–Crippen MR) is 126 cm³/mol. The molecule has 0 unspecified atom stereocenters. The molecular formula is C26H21N3O5. The Bertz CT molecular complexity index is 1330. The van der Waals surface area contributed by atoms with E-state index in [1.54, 1.807) is 31.4 Å². The van der Waals surface area contributed by atoms with E-state index < -0.39 is 12.1 Å². The van der Waals surface area contributed by atoms with Gasteiger partial charge in [0.1, 0.15) is 17.9 Å². The maximum absolute atomic E-state index is 12.8. The SMILES string of the molecule is COc1ccc(-n2ncc(C(=O)O)c2NC(=O)OCC2c3ccccc3-c3ccccc32)cc1. The monoisotopic (exact) mass is 455 g/mol. The number of anilines is 1. The van der Waals surface area contributed by atoms with Crippen molar-refractivity contribution in [3.05, 3.63) is 95.7 Å². The van der Waals surface area contributed by atoms with E-state index in [0.29, 0.717) is 11.4 Å². The number of nitrogens with one attached hydrogen (secondary N) is 1. The van der Waals surface area contributed by atoms with Crippen molar-refractivity contribution in [3.63, 3.8) is 0 Å². The lowest BCUT2D eigenvalue weighted by atomic mass is 9.98. The van der Waals surface area contributed by atoms with Crippen molar-refractivity contribution in [2.24, 2.45) is 0 Å². The highest BCUT2D eigenvalue weighted by molar-refractivity contribution is 5.98. The van der Waals surface area contributed by atoms with Crippen LogP contribution >= 0.6 is 0 Å². The Balaban J connectivity index is 1.37. The number of carbonyl (C=O) groups excluding carboxylic acids is 1. The molecule has 1 heterocycles. The van der Waals surface area contributed by atoms with Gasteiger partial charge in [-0.3, -0.25) is 5.32 Å². The second-order valence-electron chi connectivity index (χ2n) is 7.77. The molecular weight excluding hydrogens is 434 g/mol. The van der Waals surface area contributed by atoms with Gasteiger partial charge in [-0.2, -0.15) is 5.10 Å². The van der Waals surface area contributed by atoms with E-state index in [9.17, 15) is 14.7 Å². The average molecular weight is 455 g/mol. The van der Waals surface area contributed by atoms with Crippen LogP contribution in [-0.2, 0) is 4.74 Å². The van der Waals surface area contributed by atoms with Gasteiger partial charge in [-0.1, -0.05) is 48.5 Å². The number of rotatable bonds is 6. The molecule has 1 aliphatic rings. The molecule has 1 aliphatic carbocycles. The molecule has 8 nitrogen and oxygen atoms in total. The summed E-state index contributed by atoms with van der Waals surface area (Å²) in [6.45, 7) is 0.110. The summed E-state index contributed by atoms with van der Waals surface area (Å²) in [6.07, 6.45) is 0.422. The molecule has 0 bridgehead atoms. The Kier molecular flexibility index (Phi) is 5.47. The Morgan fingerprint density at radius 3 is 2.18 bits per heavy atom. The summed E-state index contributed by atoms with van der Waals surface area (Å²) in [5.74, 6) is -0.674. The highest BCUT2D eigenvalue weighted by atomic mass is 16.5. The van der Waals surface area contributed by atoms with Crippen LogP contribution in [0.1, 0.15) is 27.4 Å². The van der Waals surface area contributed by atoms with Gasteiger partial charge in [0.15, 0.2) is 5.82 Å². The Morgan fingerprint density at radius 2 is 1.59 bits per heavy atom. The number of aromatic nitrogens is 2. The summed E-state index contributed by atoms with van der Waals surface area (Å²) < 4.78 is 12.1. The first-order valence-electron chi connectivity index (χ1n) is 10.6. The van der Waals surface area contributed by atoms with E-state index in [1.165, 1.54) is 10.9 Å². The molecule has 0 spiro atoms. The Hall–Kier alpha value is -4.59. The fraction of sp³-hybridized carbons (Fsp3) is 0.115. The van der Waals surface area contributed by atoms with Crippen LogP contribution in [0.5, 0.6) is 5.75 Å². The Morgan fingerprint density at radius 1 is 0.971 bits per heavy atom. The smallest absolute Gasteiger partial charge is 0.412 e. The van der Waals surface area contributed by atoms with Crippen LogP contribution in [0.3, 0.4) is 0 Å². The van der Waals surface area contributed by atoms with Crippen molar-refractivity contribution < 1.29 is 24.2 Å². The van der Waals surface area contributed by atoms with Gasteiger partial charge in [-0.05, 0) is 46.5 Å². The number of aromatic carboxylic acids is 1. The topological polar surface area (TPSA) is 103 Å². The number of fused-ring (bicyclic) bond motifs is 3. The molecule has 0 atom stereocenters. The largest absolute Gasteiger partial charge is 0.497 e. The lowest BCUT2D eigenvalue weighted by Crippen LogP contribution is -2.21. The lowest BCUT2D eigenvalue weighted by Gasteiger charge is -2.15. The zero-order valence-corrected chi connectivity index (χ0v) is 18.3. The molecule has 0 saturated carbocycles. The summed E-state index contributed by atoms with van der Waals surface area (Å²) >= 11 is 0. The van der Waals surface area contributed by atoms with Gasteiger partial charge in [0.25, 0.3) is 0 Å². The second kappa shape index (κ2) is 8.74. The van der Waals surface area contributed by atoms with Crippen LogP contribution < -0.4 is 10.1 Å². The average Bonchev–Trinajstić information content (AvgIpc) is 3.42. The number of benzene rings is 3. The number of carboxylic acids is 1. The van der Waals surface area contributed by atoms with Gasteiger partial charge >= 0.3 is 12.1 Å². The van der Waals surface area contributed by atoms with Crippen molar-refractivity contribution in [1.29, 1.82) is 0 Å². The van der Waals surface area contributed by atoms with E-state index in [0.717, 1.165) is 22.3 Å². The molecule has 0 fully saturated rings. The highest BCUT2D eigenvalue weighted by Crippen LogP contribution is 2.44. The van der Waals surface area contributed by atoms with E-state index in [-0.39, 0.29) is 23.9 Å². The summed E-state index contributed by atoms with van der Waals surface area (Å²) in [5, 5.41) is 16.3. The van der Waals surface area contributed by atoms with Crippen LogP contribution in [0.4, 0.5) is 10.6 Å². The standard InChI is InChI=1S/C26H21N3O5/c1-33-17-12-10-16(11-13-17)29-24(22(14-27-29)25(30)31)28-26(32)34-15-23-20-8-4-2-6-18(20)19-7-3-5-9-21(19)23/h2-14,23H,15H2,1H3,(H,28,32)(H,30,31). The predicted octanol–water partition coefficient (Wildman–Crippen LogP) is 4.94. The third-order valence-electron chi connectivity index (χ3n) is 5.88. The molecule has 170 valence electrons. The molecule has 3 aromatic carbocycles. The number of carboxylic acid groups (broad SMARTS) is 1. The van der Waals surface area contributed by atoms with Gasteiger partial charge in [0, 0.05) is 5.92 Å². The molecule has 4 aromatic rings. The fourth-order valence-electron chi connectivity index (χ4n) is 4.28. The first-order valence-corrected chi connectivity index (χ1v) is 10.6. The zero-order valence-electron chi connectivity index (χ0n) is 18.3. The fourth-order valence-corrected chi connectivity index (χ4v) is 4.28. The van der Waals surface area contributed by atoms with Gasteiger partial charge < -0.3 is 14.6 Å². The summed E-state index contributed by atoms with van der Waals surface area (Å²) in [5.41, 5.74) is 4.83. The van der Waals surface area contributed by atoms with E-state index in [2.05, 4.69) is 22.5 Å². The lowest BCUT2D eigenvalue weighted by molar-refractivity contribution is 0.0698. The number of ether oxygens (including phenoxy) is 2. The molecule has 0 radical (unpaired) electrons. The van der Waals surface area contributed by atoms with Gasteiger partial charge in [-0.25, -0.2) is 14.3 Å². The Labute approximate surface area is 195 Å². The van der Waals surface area contributed by atoms with Gasteiger partial charge in [0.05, 0.1) is 19.0 Å². The van der Waals surface area contributed by atoms with Crippen LogP contribution in [0.25, 0.3) is 16.8 Å². The molecule has 34 heavy (non-hydrogen) atoms. The minimum atomic E-state index is -1.21.